The molecule has 0 spiro atoms. The van der Waals surface area contributed by atoms with Crippen molar-refractivity contribution in [3.63, 3.8) is 0 Å². The lowest BCUT2D eigenvalue weighted by atomic mass is 10.1. The molecule has 1 aromatic carbocycles. The first-order valence-electron chi connectivity index (χ1n) is 9.24. The number of para-hydroxylation sites is 1. The van der Waals surface area contributed by atoms with Gasteiger partial charge in [-0.2, -0.15) is 0 Å². The minimum atomic E-state index is -0.417. The summed E-state index contributed by atoms with van der Waals surface area (Å²) in [6, 6.07) is 8.18. The first-order valence-corrected chi connectivity index (χ1v) is 9.24. The molecule has 6 nitrogen and oxygen atoms in total. The van der Waals surface area contributed by atoms with E-state index < -0.39 is 6.10 Å². The number of aromatic nitrogens is 1. The van der Waals surface area contributed by atoms with Crippen molar-refractivity contribution in [3.05, 3.63) is 35.5 Å². The van der Waals surface area contributed by atoms with Gasteiger partial charge in [0.25, 0.3) is 5.91 Å². The number of carbonyl (C=O) groups is 2. The van der Waals surface area contributed by atoms with E-state index in [-0.39, 0.29) is 18.4 Å². The fraction of sp³-hybridized carbons (Fsp3) is 0.500. The molecule has 0 radical (unpaired) electrons. The molecule has 0 bridgehead atoms. The Bertz CT molecular complexity index is 784. The highest BCUT2D eigenvalue weighted by molar-refractivity contribution is 5.87. The molecule has 0 saturated carbocycles. The van der Waals surface area contributed by atoms with E-state index in [2.05, 4.69) is 29.4 Å². The number of hydrogen-bond acceptors (Lipinski definition) is 3. The second-order valence-corrected chi connectivity index (χ2v) is 6.85. The van der Waals surface area contributed by atoms with E-state index in [1.54, 1.807) is 12.0 Å². The Hall–Kier alpha value is -2.34. The van der Waals surface area contributed by atoms with Gasteiger partial charge in [-0.1, -0.05) is 18.2 Å². The molecule has 2 amide bonds. The molecule has 1 saturated heterocycles. The van der Waals surface area contributed by atoms with Crippen molar-refractivity contribution in [2.24, 2.45) is 0 Å². The molecule has 0 aliphatic carbocycles. The van der Waals surface area contributed by atoms with Crippen LogP contribution in [0.25, 0.3) is 10.9 Å². The highest BCUT2D eigenvalue weighted by Gasteiger charge is 2.27. The molecular weight excluding hydrogens is 330 g/mol. The summed E-state index contributed by atoms with van der Waals surface area (Å²) in [7, 11) is 1.55. The Kier molecular flexibility index (Phi) is 5.93. The predicted octanol–water partition coefficient (Wildman–Crippen LogP) is 2.16. The van der Waals surface area contributed by atoms with Gasteiger partial charge in [0.2, 0.25) is 5.91 Å². The van der Waals surface area contributed by atoms with Crippen molar-refractivity contribution in [2.75, 3.05) is 26.7 Å². The molecule has 2 aromatic rings. The summed E-state index contributed by atoms with van der Waals surface area (Å²) in [6.07, 6.45) is 2.93. The van der Waals surface area contributed by atoms with E-state index >= 15 is 0 Å². The predicted molar refractivity (Wildman–Crippen MR) is 101 cm³/mol. The number of benzene rings is 1. The first-order chi connectivity index (χ1) is 12.6. The third-order valence-electron chi connectivity index (χ3n) is 5.07. The minimum absolute atomic E-state index is 0.0763. The van der Waals surface area contributed by atoms with Crippen LogP contribution in [0, 0.1) is 6.92 Å². The van der Waals surface area contributed by atoms with Crippen molar-refractivity contribution >= 4 is 22.7 Å². The van der Waals surface area contributed by atoms with Crippen LogP contribution in [0.4, 0.5) is 0 Å². The third-order valence-corrected chi connectivity index (χ3v) is 5.07. The topological polar surface area (TPSA) is 74.4 Å². The fourth-order valence-corrected chi connectivity index (χ4v) is 3.66. The molecule has 6 heteroatoms. The van der Waals surface area contributed by atoms with Crippen LogP contribution in [0.1, 0.15) is 30.5 Å². The quantitative estimate of drug-likeness (QED) is 0.832. The second-order valence-electron chi connectivity index (χ2n) is 6.85. The lowest BCUT2D eigenvalue weighted by Crippen LogP contribution is -2.45. The van der Waals surface area contributed by atoms with Gasteiger partial charge in [0.15, 0.2) is 0 Å². The van der Waals surface area contributed by atoms with E-state index in [1.807, 2.05) is 12.1 Å². The lowest BCUT2D eigenvalue weighted by molar-refractivity contribution is -0.144. The molecule has 1 aliphatic rings. The van der Waals surface area contributed by atoms with Gasteiger partial charge in [-0.3, -0.25) is 9.59 Å². The highest BCUT2D eigenvalue weighted by atomic mass is 16.5. The van der Waals surface area contributed by atoms with Crippen LogP contribution in [0.5, 0.6) is 0 Å². The number of carbonyl (C=O) groups excluding carboxylic acids is 2. The number of methoxy groups -OCH3 is 1. The molecule has 1 unspecified atom stereocenters. The lowest BCUT2D eigenvalue weighted by Gasteiger charge is -2.23. The maximum atomic E-state index is 12.4. The van der Waals surface area contributed by atoms with Crippen molar-refractivity contribution < 1.29 is 14.3 Å². The van der Waals surface area contributed by atoms with E-state index in [0.29, 0.717) is 13.1 Å². The number of nitrogens with one attached hydrogen (secondary N) is 2. The number of hydrogen-bond donors (Lipinski definition) is 2. The van der Waals surface area contributed by atoms with Crippen LogP contribution in [0.3, 0.4) is 0 Å². The zero-order valence-corrected chi connectivity index (χ0v) is 15.5. The molecule has 1 fully saturated rings. The Labute approximate surface area is 153 Å². The highest BCUT2D eigenvalue weighted by Crippen LogP contribution is 2.22. The smallest absolute Gasteiger partial charge is 0.252 e. The third kappa shape index (κ3) is 4.07. The number of H-pyrrole nitrogens is 1. The molecule has 1 atom stereocenters. The Morgan fingerprint density at radius 2 is 2.15 bits per heavy atom. The number of amides is 2. The summed E-state index contributed by atoms with van der Waals surface area (Å²) in [5.41, 5.74) is 3.48. The van der Waals surface area contributed by atoms with E-state index in [0.717, 1.165) is 36.9 Å². The van der Waals surface area contributed by atoms with Gasteiger partial charge >= 0.3 is 0 Å². The average molecular weight is 357 g/mol. The molecule has 3 rings (SSSR count). The van der Waals surface area contributed by atoms with Crippen molar-refractivity contribution in [2.45, 2.75) is 38.7 Å². The van der Waals surface area contributed by atoms with Gasteiger partial charge in [0, 0.05) is 36.8 Å². The Morgan fingerprint density at radius 1 is 1.35 bits per heavy atom. The van der Waals surface area contributed by atoms with Crippen LogP contribution in [-0.4, -0.2) is 54.5 Å². The SMILES string of the molecule is COC1CCCCN(CC(=O)NCCc2c(C)[nH]c3ccccc23)C1=O. The zero-order valence-electron chi connectivity index (χ0n) is 15.5. The minimum Gasteiger partial charge on any atom is -0.372 e. The summed E-state index contributed by atoms with van der Waals surface area (Å²) in [4.78, 5) is 29.7. The van der Waals surface area contributed by atoms with Crippen LogP contribution in [0.2, 0.25) is 0 Å². The van der Waals surface area contributed by atoms with Crippen molar-refractivity contribution in [1.29, 1.82) is 0 Å². The summed E-state index contributed by atoms with van der Waals surface area (Å²) in [6.45, 7) is 3.33. The maximum absolute atomic E-state index is 12.4. The monoisotopic (exact) mass is 357 g/mol. The summed E-state index contributed by atoms with van der Waals surface area (Å²) >= 11 is 0. The first kappa shape index (κ1) is 18.5. The molecule has 2 N–H and O–H groups in total. The van der Waals surface area contributed by atoms with Crippen LogP contribution in [0.15, 0.2) is 24.3 Å². The molecule has 140 valence electrons. The van der Waals surface area contributed by atoms with E-state index in [9.17, 15) is 9.59 Å². The average Bonchev–Trinajstić information content (AvgIpc) is 2.84. The summed E-state index contributed by atoms with van der Waals surface area (Å²) < 4.78 is 5.25. The largest absolute Gasteiger partial charge is 0.372 e. The van der Waals surface area contributed by atoms with E-state index in [1.165, 1.54) is 10.9 Å². The number of aryl methyl sites for hydroxylation is 1. The normalized spacial score (nSPS) is 18.2. The van der Waals surface area contributed by atoms with Gasteiger partial charge in [-0.15, -0.1) is 0 Å². The van der Waals surface area contributed by atoms with Gasteiger partial charge < -0.3 is 19.9 Å². The molecule has 1 aromatic heterocycles. The zero-order chi connectivity index (χ0) is 18.5. The standard InChI is InChI=1S/C20H27N3O3/c1-14-15(16-7-3-4-8-17(16)22-14)10-11-21-19(24)13-23-12-6-5-9-18(26-2)20(23)25/h3-4,7-8,18,22H,5-6,9-13H2,1-2H3,(H,21,24). The summed E-state index contributed by atoms with van der Waals surface area (Å²) in [5, 5.41) is 4.15. The summed E-state index contributed by atoms with van der Waals surface area (Å²) in [5.74, 6) is -0.194. The van der Waals surface area contributed by atoms with Crippen molar-refractivity contribution in [3.8, 4) is 0 Å². The number of ether oxygens (including phenoxy) is 1. The number of nitrogens with zero attached hydrogens (tertiary/aromatic N) is 1. The number of likely N-dealkylation sites (tertiary alicyclic amines) is 1. The van der Waals surface area contributed by atoms with Gasteiger partial charge in [0.05, 0.1) is 6.54 Å². The van der Waals surface area contributed by atoms with Crippen LogP contribution >= 0.6 is 0 Å². The van der Waals surface area contributed by atoms with Crippen molar-refractivity contribution in [1.82, 2.24) is 15.2 Å². The molecular formula is C20H27N3O3. The maximum Gasteiger partial charge on any atom is 0.252 e. The Morgan fingerprint density at radius 3 is 2.96 bits per heavy atom. The van der Waals surface area contributed by atoms with Crippen LogP contribution in [-0.2, 0) is 20.7 Å². The van der Waals surface area contributed by atoms with E-state index in [4.69, 9.17) is 4.74 Å². The number of rotatable bonds is 6. The molecule has 1 aliphatic heterocycles. The second kappa shape index (κ2) is 8.36. The fourth-order valence-electron chi connectivity index (χ4n) is 3.66. The van der Waals surface area contributed by atoms with Crippen LogP contribution < -0.4 is 5.32 Å². The van der Waals surface area contributed by atoms with Gasteiger partial charge in [-0.25, -0.2) is 0 Å². The number of aromatic amines is 1. The van der Waals surface area contributed by atoms with Gasteiger partial charge in [0.1, 0.15) is 6.10 Å². The number of fused-ring (bicyclic) bond motifs is 1. The van der Waals surface area contributed by atoms with Gasteiger partial charge in [-0.05, 0) is 44.2 Å². The molecule has 2 heterocycles. The molecule has 26 heavy (non-hydrogen) atoms. The Balaban J connectivity index is 1.54.